The third-order valence-corrected chi connectivity index (χ3v) is 6.58. The molecule has 9 heteroatoms. The van der Waals surface area contributed by atoms with Crippen molar-refractivity contribution < 1.29 is 17.8 Å². The molecule has 2 heterocycles. The van der Waals surface area contributed by atoms with Gasteiger partial charge in [-0.25, -0.2) is 13.4 Å². The van der Waals surface area contributed by atoms with Crippen LogP contribution in [0.25, 0.3) is 11.3 Å². The van der Waals surface area contributed by atoms with Gasteiger partial charge in [-0.2, -0.15) is 0 Å². The molecule has 4 rings (SSSR count). The van der Waals surface area contributed by atoms with Gasteiger partial charge in [0.2, 0.25) is 0 Å². The van der Waals surface area contributed by atoms with E-state index in [-0.39, 0.29) is 17.1 Å². The number of rotatable bonds is 4. The molecule has 0 aliphatic carbocycles. The van der Waals surface area contributed by atoms with Crippen molar-refractivity contribution in [1.82, 2.24) is 4.98 Å². The van der Waals surface area contributed by atoms with Gasteiger partial charge in [0.1, 0.15) is 11.5 Å². The molecule has 28 heavy (non-hydrogen) atoms. The molecule has 0 saturated heterocycles. The Morgan fingerprint density at radius 3 is 2.46 bits per heavy atom. The van der Waals surface area contributed by atoms with E-state index in [0.29, 0.717) is 29.5 Å². The smallest absolute Gasteiger partial charge is 0.271 e. The number of hydrogen-bond donors (Lipinski definition) is 0. The molecule has 0 spiro atoms. The number of anilines is 1. The van der Waals surface area contributed by atoms with Gasteiger partial charge < -0.3 is 4.42 Å². The maximum atomic E-state index is 13.1. The van der Waals surface area contributed by atoms with Gasteiger partial charge in [-0.15, -0.1) is 0 Å². The summed E-state index contributed by atoms with van der Waals surface area (Å²) >= 11 is 0. The second kappa shape index (κ2) is 6.45. The number of sulfonamides is 1. The first-order valence-corrected chi connectivity index (χ1v) is 10.1. The molecule has 0 radical (unpaired) electrons. The number of oxazole rings is 1. The van der Waals surface area contributed by atoms with Gasteiger partial charge in [-0.05, 0) is 31.0 Å². The Hall–Kier alpha value is -3.20. The summed E-state index contributed by atoms with van der Waals surface area (Å²) in [6.45, 7) is 3.80. The van der Waals surface area contributed by atoms with Crippen LogP contribution in [0, 0.1) is 24.0 Å². The first kappa shape index (κ1) is 18.2. The van der Waals surface area contributed by atoms with E-state index in [4.69, 9.17) is 4.42 Å². The van der Waals surface area contributed by atoms with E-state index in [0.717, 1.165) is 11.1 Å². The van der Waals surface area contributed by atoms with E-state index in [2.05, 4.69) is 4.98 Å². The summed E-state index contributed by atoms with van der Waals surface area (Å²) < 4.78 is 32.9. The summed E-state index contributed by atoms with van der Waals surface area (Å²) in [6.07, 6.45) is 0.516. The maximum absolute atomic E-state index is 13.1. The Morgan fingerprint density at radius 2 is 1.86 bits per heavy atom. The van der Waals surface area contributed by atoms with Gasteiger partial charge in [0, 0.05) is 31.2 Å². The molecule has 0 N–H and O–H groups in total. The fourth-order valence-corrected chi connectivity index (χ4v) is 4.91. The Kier molecular flexibility index (Phi) is 4.19. The quantitative estimate of drug-likeness (QED) is 0.490. The molecule has 0 atom stereocenters. The average molecular weight is 399 g/mol. The Morgan fingerprint density at radius 1 is 1.14 bits per heavy atom. The molecule has 1 aliphatic rings. The largest absolute Gasteiger partial charge is 0.446 e. The van der Waals surface area contributed by atoms with Gasteiger partial charge in [-0.3, -0.25) is 14.4 Å². The normalized spacial score (nSPS) is 13.6. The van der Waals surface area contributed by atoms with Crippen molar-refractivity contribution in [2.75, 3.05) is 10.8 Å². The molecular formula is C19H17N3O5S. The highest BCUT2D eigenvalue weighted by atomic mass is 32.2. The number of aromatic nitrogens is 1. The molecule has 0 amide bonds. The Labute approximate surface area is 161 Å². The zero-order chi connectivity index (χ0) is 20.1. The predicted octanol–water partition coefficient (Wildman–Crippen LogP) is 3.62. The van der Waals surface area contributed by atoms with Crippen LogP contribution in [0.1, 0.15) is 17.2 Å². The summed E-state index contributed by atoms with van der Waals surface area (Å²) in [5.74, 6) is 1.20. The molecule has 144 valence electrons. The topological polar surface area (TPSA) is 107 Å². The number of hydrogen-bond acceptors (Lipinski definition) is 6. The number of nitro benzene ring substituents is 1. The second-order valence-corrected chi connectivity index (χ2v) is 8.42. The van der Waals surface area contributed by atoms with Crippen LogP contribution in [0.15, 0.2) is 51.8 Å². The van der Waals surface area contributed by atoms with Crippen LogP contribution in [-0.2, 0) is 16.4 Å². The third kappa shape index (κ3) is 2.93. The van der Waals surface area contributed by atoms with E-state index in [1.54, 1.807) is 32.0 Å². The van der Waals surface area contributed by atoms with Crippen LogP contribution in [0.3, 0.4) is 0 Å². The molecule has 2 aromatic carbocycles. The SMILES string of the molecule is Cc1nc(-c2ccc(S(=O)(=O)N3CCc4ccc([N+](=O)[O-])cc43)cc2)c(C)o1. The van der Waals surface area contributed by atoms with Crippen molar-refractivity contribution in [2.24, 2.45) is 0 Å². The van der Waals surface area contributed by atoms with Crippen LogP contribution in [0.2, 0.25) is 0 Å². The van der Waals surface area contributed by atoms with E-state index >= 15 is 0 Å². The van der Waals surface area contributed by atoms with Crippen molar-refractivity contribution >= 4 is 21.4 Å². The fraction of sp³-hybridized carbons (Fsp3) is 0.211. The summed E-state index contributed by atoms with van der Waals surface area (Å²) in [5, 5.41) is 11.1. The van der Waals surface area contributed by atoms with Crippen molar-refractivity contribution in [2.45, 2.75) is 25.2 Å². The molecule has 1 aliphatic heterocycles. The van der Waals surface area contributed by atoms with Gasteiger partial charge in [0.25, 0.3) is 15.7 Å². The lowest BCUT2D eigenvalue weighted by Gasteiger charge is -2.19. The standard InChI is InChI=1S/C19H17N3O5S/c1-12-19(20-13(2)27-12)15-4-7-17(8-5-15)28(25,26)21-10-9-14-3-6-16(22(23)24)11-18(14)21/h3-8,11H,9-10H2,1-2H3. The highest BCUT2D eigenvalue weighted by Crippen LogP contribution is 2.36. The summed E-state index contributed by atoms with van der Waals surface area (Å²) in [6, 6.07) is 10.7. The van der Waals surface area contributed by atoms with Gasteiger partial charge in [-0.1, -0.05) is 18.2 Å². The van der Waals surface area contributed by atoms with Crippen LogP contribution in [0.5, 0.6) is 0 Å². The van der Waals surface area contributed by atoms with Crippen molar-refractivity contribution in [1.29, 1.82) is 0 Å². The van der Waals surface area contributed by atoms with Crippen LogP contribution >= 0.6 is 0 Å². The first-order chi connectivity index (χ1) is 13.3. The summed E-state index contributed by atoms with van der Waals surface area (Å²) in [7, 11) is -3.83. The van der Waals surface area contributed by atoms with E-state index in [1.807, 2.05) is 0 Å². The zero-order valence-corrected chi connectivity index (χ0v) is 16.1. The highest BCUT2D eigenvalue weighted by Gasteiger charge is 2.32. The van der Waals surface area contributed by atoms with Gasteiger partial charge >= 0.3 is 0 Å². The predicted molar refractivity (Wildman–Crippen MR) is 103 cm³/mol. The van der Waals surface area contributed by atoms with Crippen molar-refractivity contribution in [3.63, 3.8) is 0 Å². The van der Waals surface area contributed by atoms with Crippen LogP contribution in [-0.4, -0.2) is 24.9 Å². The molecule has 0 saturated carbocycles. The minimum Gasteiger partial charge on any atom is -0.446 e. The van der Waals surface area contributed by atoms with Gasteiger partial charge in [0.05, 0.1) is 15.5 Å². The first-order valence-electron chi connectivity index (χ1n) is 8.62. The van der Waals surface area contributed by atoms with E-state index in [1.165, 1.54) is 28.6 Å². The number of nitro groups is 1. The molecule has 0 bridgehead atoms. The molecule has 0 unspecified atom stereocenters. The fourth-order valence-electron chi connectivity index (χ4n) is 3.41. The molecular weight excluding hydrogens is 382 g/mol. The van der Waals surface area contributed by atoms with Crippen molar-refractivity contribution in [3.05, 3.63) is 69.8 Å². The number of non-ortho nitro benzene ring substituents is 1. The van der Waals surface area contributed by atoms with E-state index < -0.39 is 14.9 Å². The Balaban J connectivity index is 1.70. The lowest BCUT2D eigenvalue weighted by molar-refractivity contribution is -0.384. The number of fused-ring (bicyclic) bond motifs is 1. The average Bonchev–Trinajstić information content (AvgIpc) is 3.24. The highest BCUT2D eigenvalue weighted by molar-refractivity contribution is 7.92. The zero-order valence-electron chi connectivity index (χ0n) is 15.2. The molecule has 1 aromatic heterocycles. The van der Waals surface area contributed by atoms with Crippen LogP contribution in [0.4, 0.5) is 11.4 Å². The molecule has 0 fully saturated rings. The summed E-state index contributed by atoms with van der Waals surface area (Å²) in [4.78, 5) is 15.0. The van der Waals surface area contributed by atoms with Crippen molar-refractivity contribution in [3.8, 4) is 11.3 Å². The molecule has 3 aromatic rings. The van der Waals surface area contributed by atoms with Gasteiger partial charge in [0.15, 0.2) is 5.89 Å². The number of aryl methyl sites for hydroxylation is 2. The second-order valence-electron chi connectivity index (χ2n) is 6.56. The minimum absolute atomic E-state index is 0.119. The monoisotopic (exact) mass is 399 g/mol. The Bertz CT molecular complexity index is 1180. The summed E-state index contributed by atoms with van der Waals surface area (Å²) in [5.41, 5.74) is 2.43. The van der Waals surface area contributed by atoms with Crippen LogP contribution < -0.4 is 4.31 Å². The number of nitrogens with zero attached hydrogens (tertiary/aromatic N) is 3. The third-order valence-electron chi connectivity index (χ3n) is 4.75. The number of benzene rings is 2. The maximum Gasteiger partial charge on any atom is 0.271 e. The molecule has 8 nitrogen and oxygen atoms in total. The minimum atomic E-state index is -3.83. The lowest BCUT2D eigenvalue weighted by atomic mass is 10.1. The lowest BCUT2D eigenvalue weighted by Crippen LogP contribution is -2.29. The van der Waals surface area contributed by atoms with E-state index in [9.17, 15) is 18.5 Å².